The predicted molar refractivity (Wildman–Crippen MR) is 79.4 cm³/mol. The quantitative estimate of drug-likeness (QED) is 0.624. The molecule has 0 N–H and O–H groups in total. The molecule has 0 radical (unpaired) electrons. The topological polar surface area (TPSA) is 34.9 Å². The van der Waals surface area contributed by atoms with E-state index in [0.717, 1.165) is 24.8 Å². The lowest BCUT2D eigenvalue weighted by atomic mass is 9.94. The fourth-order valence-electron chi connectivity index (χ4n) is 3.12. The van der Waals surface area contributed by atoms with E-state index in [1.54, 1.807) is 24.4 Å². The predicted octanol–water partition coefficient (Wildman–Crippen LogP) is 4.26. The Morgan fingerprint density at radius 3 is 2.52 bits per heavy atom. The molecule has 1 aromatic heterocycles. The van der Waals surface area contributed by atoms with Crippen LogP contribution in [0.3, 0.4) is 0 Å². The number of rotatable bonds is 3. The number of para-hydroxylation sites is 1. The van der Waals surface area contributed by atoms with Crippen LogP contribution in [-0.2, 0) is 0 Å². The molecule has 4 heteroatoms. The molecule has 1 heterocycles. The molecule has 0 aliphatic heterocycles. The number of carbonyl (C=O) groups excluding carboxylic acids is 1. The summed E-state index contributed by atoms with van der Waals surface area (Å²) in [5, 5.41) is 4.52. The lowest BCUT2D eigenvalue weighted by Gasteiger charge is -2.11. The van der Waals surface area contributed by atoms with Crippen molar-refractivity contribution < 1.29 is 9.18 Å². The van der Waals surface area contributed by atoms with Crippen LogP contribution in [0.1, 0.15) is 60.5 Å². The lowest BCUT2D eigenvalue weighted by Crippen LogP contribution is -2.03. The average Bonchev–Trinajstić information content (AvgIpc) is 2.74. The maximum atomic E-state index is 13.9. The third-order valence-corrected chi connectivity index (χ3v) is 4.24. The van der Waals surface area contributed by atoms with Gasteiger partial charge in [0, 0.05) is 12.1 Å². The Morgan fingerprint density at radius 1 is 1.14 bits per heavy atom. The van der Waals surface area contributed by atoms with Gasteiger partial charge >= 0.3 is 0 Å². The van der Waals surface area contributed by atoms with Gasteiger partial charge in [0.05, 0.1) is 11.3 Å². The zero-order chi connectivity index (χ0) is 14.7. The van der Waals surface area contributed by atoms with Gasteiger partial charge in [0.2, 0.25) is 0 Å². The molecule has 1 saturated carbocycles. The van der Waals surface area contributed by atoms with Crippen LogP contribution in [-0.4, -0.2) is 16.1 Å². The molecule has 0 bridgehead atoms. The largest absolute Gasteiger partial charge is 0.298 e. The summed E-state index contributed by atoms with van der Waals surface area (Å²) >= 11 is 0. The minimum atomic E-state index is -0.329. The molecule has 1 aliphatic rings. The highest BCUT2D eigenvalue weighted by Crippen LogP contribution is 2.32. The van der Waals surface area contributed by atoms with E-state index in [1.807, 2.05) is 0 Å². The average molecular weight is 286 g/mol. The van der Waals surface area contributed by atoms with Crippen molar-refractivity contribution in [3.05, 3.63) is 47.5 Å². The Morgan fingerprint density at radius 2 is 1.86 bits per heavy atom. The van der Waals surface area contributed by atoms with Crippen molar-refractivity contribution in [2.75, 3.05) is 0 Å². The second-order valence-corrected chi connectivity index (χ2v) is 5.67. The highest BCUT2D eigenvalue weighted by molar-refractivity contribution is 5.76. The Bertz CT molecular complexity index is 627. The summed E-state index contributed by atoms with van der Waals surface area (Å²) in [6, 6.07) is 6.50. The fraction of sp³-hybridized carbons (Fsp3) is 0.412. The number of halogens is 1. The maximum absolute atomic E-state index is 13.9. The molecule has 2 aromatic rings. The zero-order valence-electron chi connectivity index (χ0n) is 12.0. The summed E-state index contributed by atoms with van der Waals surface area (Å²) in [6.07, 6.45) is 9.47. The summed E-state index contributed by atoms with van der Waals surface area (Å²) in [7, 11) is 0. The number of aromatic nitrogens is 2. The molecule has 0 atom stereocenters. The van der Waals surface area contributed by atoms with E-state index in [2.05, 4.69) is 5.10 Å². The second-order valence-electron chi connectivity index (χ2n) is 5.67. The normalized spacial score (nSPS) is 16.6. The standard InChI is InChI=1S/C17H19FN2O/c18-15-9-5-6-10-16(15)20-11-14(12-21)17(19-20)13-7-3-1-2-4-8-13/h5-6,9-13H,1-4,7-8H2. The summed E-state index contributed by atoms with van der Waals surface area (Å²) in [4.78, 5) is 11.3. The lowest BCUT2D eigenvalue weighted by molar-refractivity contribution is 0.112. The van der Waals surface area contributed by atoms with Crippen molar-refractivity contribution in [1.82, 2.24) is 9.78 Å². The third-order valence-electron chi connectivity index (χ3n) is 4.24. The smallest absolute Gasteiger partial charge is 0.153 e. The van der Waals surface area contributed by atoms with Crippen molar-refractivity contribution in [2.24, 2.45) is 0 Å². The van der Waals surface area contributed by atoms with Crippen LogP contribution in [0.5, 0.6) is 0 Å². The van der Waals surface area contributed by atoms with Crippen molar-refractivity contribution in [2.45, 2.75) is 44.4 Å². The molecular weight excluding hydrogens is 267 g/mol. The van der Waals surface area contributed by atoms with Gasteiger partial charge in [-0.1, -0.05) is 37.8 Å². The summed E-state index contributed by atoms with van der Waals surface area (Å²) in [5.41, 5.74) is 1.81. The molecule has 3 nitrogen and oxygen atoms in total. The van der Waals surface area contributed by atoms with Gasteiger partial charge in [0.25, 0.3) is 0 Å². The van der Waals surface area contributed by atoms with Gasteiger partial charge in [-0.15, -0.1) is 0 Å². The molecule has 1 aromatic carbocycles. The highest BCUT2D eigenvalue weighted by atomic mass is 19.1. The van der Waals surface area contributed by atoms with E-state index in [1.165, 1.54) is 36.4 Å². The van der Waals surface area contributed by atoms with E-state index in [-0.39, 0.29) is 5.82 Å². The maximum Gasteiger partial charge on any atom is 0.153 e. The molecular formula is C17H19FN2O. The van der Waals surface area contributed by atoms with E-state index in [9.17, 15) is 9.18 Å². The minimum absolute atomic E-state index is 0.320. The Hall–Kier alpha value is -1.97. The van der Waals surface area contributed by atoms with Gasteiger partial charge < -0.3 is 0 Å². The number of carbonyl (C=O) groups is 1. The van der Waals surface area contributed by atoms with Gasteiger partial charge in [0.1, 0.15) is 11.5 Å². The first-order valence-corrected chi connectivity index (χ1v) is 7.59. The van der Waals surface area contributed by atoms with Crippen LogP contribution in [0.4, 0.5) is 4.39 Å². The van der Waals surface area contributed by atoms with Crippen LogP contribution in [0.2, 0.25) is 0 Å². The van der Waals surface area contributed by atoms with Crippen LogP contribution >= 0.6 is 0 Å². The first-order chi connectivity index (χ1) is 10.3. The Balaban J connectivity index is 1.98. The van der Waals surface area contributed by atoms with E-state index < -0.39 is 0 Å². The molecule has 110 valence electrons. The van der Waals surface area contributed by atoms with Crippen LogP contribution in [0.25, 0.3) is 5.69 Å². The number of hydrogen-bond acceptors (Lipinski definition) is 2. The highest BCUT2D eigenvalue weighted by Gasteiger charge is 2.21. The number of nitrogens with zero attached hydrogens (tertiary/aromatic N) is 2. The molecule has 3 rings (SSSR count). The number of benzene rings is 1. The van der Waals surface area contributed by atoms with Gasteiger partial charge in [0.15, 0.2) is 6.29 Å². The summed E-state index contributed by atoms with van der Waals surface area (Å²) < 4.78 is 15.4. The van der Waals surface area contributed by atoms with Gasteiger partial charge in [-0.05, 0) is 25.0 Å². The number of hydrogen-bond donors (Lipinski definition) is 0. The fourth-order valence-corrected chi connectivity index (χ4v) is 3.12. The first-order valence-electron chi connectivity index (χ1n) is 7.59. The minimum Gasteiger partial charge on any atom is -0.298 e. The van der Waals surface area contributed by atoms with Crippen LogP contribution in [0, 0.1) is 5.82 Å². The summed E-state index contributed by atoms with van der Waals surface area (Å²) in [5.74, 6) is -0.00871. The SMILES string of the molecule is O=Cc1cn(-c2ccccc2F)nc1C1CCCCCC1. The van der Waals surface area contributed by atoms with Crippen molar-refractivity contribution >= 4 is 6.29 Å². The molecule has 0 unspecified atom stereocenters. The second kappa shape index (κ2) is 6.20. The van der Waals surface area contributed by atoms with Crippen molar-refractivity contribution in [1.29, 1.82) is 0 Å². The van der Waals surface area contributed by atoms with Crippen LogP contribution in [0.15, 0.2) is 30.5 Å². The zero-order valence-corrected chi connectivity index (χ0v) is 12.0. The Labute approximate surface area is 123 Å². The van der Waals surface area contributed by atoms with E-state index in [0.29, 0.717) is 17.2 Å². The molecule has 21 heavy (non-hydrogen) atoms. The van der Waals surface area contributed by atoms with Crippen molar-refractivity contribution in [3.63, 3.8) is 0 Å². The molecule has 1 fully saturated rings. The van der Waals surface area contributed by atoms with Crippen LogP contribution < -0.4 is 0 Å². The first kappa shape index (κ1) is 14.0. The Kier molecular flexibility index (Phi) is 4.13. The summed E-state index contributed by atoms with van der Waals surface area (Å²) in [6.45, 7) is 0. The number of aldehydes is 1. The third kappa shape index (κ3) is 2.89. The molecule has 0 amide bonds. The van der Waals surface area contributed by atoms with E-state index >= 15 is 0 Å². The van der Waals surface area contributed by atoms with Gasteiger partial charge in [-0.2, -0.15) is 5.10 Å². The molecule has 1 aliphatic carbocycles. The van der Waals surface area contributed by atoms with Gasteiger partial charge in [-0.25, -0.2) is 9.07 Å². The molecule has 0 spiro atoms. The van der Waals surface area contributed by atoms with Crippen molar-refractivity contribution in [3.8, 4) is 5.69 Å². The van der Waals surface area contributed by atoms with E-state index in [4.69, 9.17) is 0 Å². The van der Waals surface area contributed by atoms with Gasteiger partial charge in [-0.3, -0.25) is 4.79 Å². The molecule has 0 saturated heterocycles. The monoisotopic (exact) mass is 286 g/mol.